The number of hydrogen-bond donors (Lipinski definition) is 1. The first-order valence-electron chi connectivity index (χ1n) is 9.08. The number of hydrogen-bond acceptors (Lipinski definition) is 5. The molecule has 0 unspecified atom stereocenters. The van der Waals surface area contributed by atoms with Crippen LogP contribution in [0.5, 0.6) is 28.9 Å². The summed E-state index contributed by atoms with van der Waals surface area (Å²) in [6, 6.07) is 9.83. The minimum atomic E-state index is -4.56. The summed E-state index contributed by atoms with van der Waals surface area (Å²) >= 11 is 17.8. The molecule has 0 aliphatic heterocycles. The van der Waals surface area contributed by atoms with E-state index in [1.165, 1.54) is 24.3 Å². The molecule has 1 aromatic heterocycles. The Kier molecular flexibility index (Phi) is 7.82. The molecule has 0 spiro atoms. The molecule has 3 rings (SSSR count). The maximum absolute atomic E-state index is 12.7. The average molecular weight is 509 g/mol. The highest BCUT2D eigenvalue weighted by molar-refractivity contribution is 6.33. The lowest BCUT2D eigenvalue weighted by Crippen LogP contribution is -2.06. The highest BCUT2D eigenvalue weighted by Gasteiger charge is 2.31. The van der Waals surface area contributed by atoms with Gasteiger partial charge in [0.2, 0.25) is 5.88 Å². The van der Waals surface area contributed by atoms with Crippen LogP contribution >= 0.6 is 34.8 Å². The molecule has 0 atom stereocenters. The van der Waals surface area contributed by atoms with Gasteiger partial charge in [-0.25, -0.2) is 4.98 Å². The van der Waals surface area contributed by atoms with E-state index in [2.05, 4.69) is 4.98 Å². The van der Waals surface area contributed by atoms with Crippen molar-refractivity contribution < 1.29 is 32.5 Å². The molecule has 0 radical (unpaired) electrons. The minimum Gasteiger partial charge on any atom is -0.506 e. The summed E-state index contributed by atoms with van der Waals surface area (Å²) in [4.78, 5) is 3.61. The van der Waals surface area contributed by atoms with Crippen molar-refractivity contribution in [2.24, 2.45) is 0 Å². The lowest BCUT2D eigenvalue weighted by Gasteiger charge is -2.12. The van der Waals surface area contributed by atoms with E-state index in [0.717, 1.165) is 6.07 Å². The smallest absolute Gasteiger partial charge is 0.417 e. The molecule has 1 heterocycles. The number of phenolic OH excluding ortho intramolecular Hbond substituents is 1. The lowest BCUT2D eigenvalue weighted by atomic mass is 10.3. The molecule has 5 nitrogen and oxygen atoms in total. The van der Waals surface area contributed by atoms with Gasteiger partial charge in [0.15, 0.2) is 0 Å². The van der Waals surface area contributed by atoms with E-state index in [1.54, 1.807) is 12.1 Å². The Morgan fingerprint density at radius 3 is 2.03 bits per heavy atom. The fourth-order valence-electron chi connectivity index (χ4n) is 2.43. The van der Waals surface area contributed by atoms with Gasteiger partial charge in [-0.1, -0.05) is 34.8 Å². The Balaban J connectivity index is 1.51. The molecule has 11 heteroatoms. The molecular formula is C21H15Cl3F3NO4. The summed E-state index contributed by atoms with van der Waals surface area (Å²) in [6.07, 6.45) is -3.38. The van der Waals surface area contributed by atoms with Gasteiger partial charge in [0, 0.05) is 24.8 Å². The van der Waals surface area contributed by atoms with Crippen LogP contribution in [0.4, 0.5) is 13.2 Å². The molecule has 3 aromatic rings. The van der Waals surface area contributed by atoms with Gasteiger partial charge in [0.1, 0.15) is 28.0 Å². The number of pyridine rings is 1. The van der Waals surface area contributed by atoms with Crippen molar-refractivity contribution >= 4 is 34.8 Å². The zero-order valence-electron chi connectivity index (χ0n) is 16.1. The second kappa shape index (κ2) is 10.4. The summed E-state index contributed by atoms with van der Waals surface area (Å²) in [5.41, 5.74) is -0.984. The van der Waals surface area contributed by atoms with Crippen LogP contribution in [0.2, 0.25) is 15.1 Å². The normalized spacial score (nSPS) is 11.3. The van der Waals surface area contributed by atoms with E-state index in [4.69, 9.17) is 49.0 Å². The molecule has 0 fully saturated rings. The van der Waals surface area contributed by atoms with Gasteiger partial charge in [0.25, 0.3) is 0 Å². The van der Waals surface area contributed by atoms with Crippen LogP contribution in [0.1, 0.15) is 12.0 Å². The Morgan fingerprint density at radius 1 is 0.844 bits per heavy atom. The fraction of sp³-hybridized carbons (Fsp3) is 0.190. The zero-order valence-corrected chi connectivity index (χ0v) is 18.4. The largest absolute Gasteiger partial charge is 0.506 e. The first-order chi connectivity index (χ1) is 15.1. The van der Waals surface area contributed by atoms with Crippen LogP contribution in [0.15, 0.2) is 48.7 Å². The molecule has 32 heavy (non-hydrogen) atoms. The van der Waals surface area contributed by atoms with E-state index < -0.39 is 11.7 Å². The molecule has 0 saturated carbocycles. The van der Waals surface area contributed by atoms with Crippen molar-refractivity contribution in [3.8, 4) is 28.9 Å². The molecular weight excluding hydrogens is 494 g/mol. The third-order valence-electron chi connectivity index (χ3n) is 3.99. The van der Waals surface area contributed by atoms with Crippen molar-refractivity contribution in [3.05, 3.63) is 69.3 Å². The fourth-order valence-corrected chi connectivity index (χ4v) is 3.01. The highest BCUT2D eigenvalue weighted by Crippen LogP contribution is 2.37. The van der Waals surface area contributed by atoms with E-state index >= 15 is 0 Å². The van der Waals surface area contributed by atoms with E-state index in [-0.39, 0.29) is 32.4 Å². The Hall–Kier alpha value is -2.55. The number of aromatic hydroxyl groups is 1. The standard InChI is InChI=1S/C21H15Cl3F3NO4/c22-15-9-13(2-4-18(15)29)30-6-1-7-31-14-3-5-19(16(23)10-14)32-20-17(24)8-12(11-28-20)21(25,26)27/h2-5,8-11,29H,1,6-7H2. The van der Waals surface area contributed by atoms with E-state index in [1.807, 2.05) is 0 Å². The van der Waals surface area contributed by atoms with Gasteiger partial charge in [-0.05, 0) is 30.3 Å². The first-order valence-corrected chi connectivity index (χ1v) is 10.2. The zero-order chi connectivity index (χ0) is 23.3. The number of halogens is 6. The van der Waals surface area contributed by atoms with Crippen LogP contribution in [-0.2, 0) is 6.18 Å². The molecule has 0 aliphatic carbocycles. The number of ether oxygens (including phenoxy) is 3. The van der Waals surface area contributed by atoms with Crippen molar-refractivity contribution in [2.45, 2.75) is 12.6 Å². The SMILES string of the molecule is Oc1ccc(OCCCOc2ccc(Oc3ncc(C(F)(F)F)cc3Cl)c(Cl)c2)cc1Cl. The summed E-state index contributed by atoms with van der Waals surface area (Å²) in [5, 5.41) is 9.44. The van der Waals surface area contributed by atoms with Crippen LogP contribution in [0.3, 0.4) is 0 Å². The van der Waals surface area contributed by atoms with Gasteiger partial charge in [0.05, 0.1) is 28.8 Å². The monoisotopic (exact) mass is 507 g/mol. The topological polar surface area (TPSA) is 60.8 Å². The quantitative estimate of drug-likeness (QED) is 0.321. The second-order valence-electron chi connectivity index (χ2n) is 6.37. The Morgan fingerprint density at radius 2 is 1.47 bits per heavy atom. The second-order valence-corrected chi connectivity index (χ2v) is 7.59. The number of benzene rings is 2. The summed E-state index contributed by atoms with van der Waals surface area (Å²) in [7, 11) is 0. The van der Waals surface area contributed by atoms with Gasteiger partial charge >= 0.3 is 6.18 Å². The van der Waals surface area contributed by atoms with Gasteiger partial charge in [-0.2, -0.15) is 13.2 Å². The van der Waals surface area contributed by atoms with Gasteiger partial charge < -0.3 is 19.3 Å². The van der Waals surface area contributed by atoms with Crippen LogP contribution in [-0.4, -0.2) is 23.3 Å². The van der Waals surface area contributed by atoms with Gasteiger partial charge in [-0.3, -0.25) is 0 Å². The van der Waals surface area contributed by atoms with Crippen molar-refractivity contribution in [1.82, 2.24) is 4.98 Å². The number of phenols is 1. The third kappa shape index (κ3) is 6.48. The Bertz CT molecular complexity index is 1100. The minimum absolute atomic E-state index is 0.0250. The number of nitrogens with zero attached hydrogens (tertiary/aromatic N) is 1. The first kappa shape index (κ1) is 24.1. The van der Waals surface area contributed by atoms with Crippen LogP contribution in [0, 0.1) is 0 Å². The third-order valence-corrected chi connectivity index (χ3v) is 4.86. The average Bonchev–Trinajstić information content (AvgIpc) is 2.72. The molecule has 2 aromatic carbocycles. The number of alkyl halides is 3. The van der Waals surface area contributed by atoms with Crippen LogP contribution in [0.25, 0.3) is 0 Å². The van der Waals surface area contributed by atoms with E-state index in [0.29, 0.717) is 37.3 Å². The maximum atomic E-state index is 12.7. The summed E-state index contributed by atoms with van der Waals surface area (Å²) in [5.74, 6) is 0.903. The van der Waals surface area contributed by atoms with E-state index in [9.17, 15) is 18.3 Å². The van der Waals surface area contributed by atoms with Gasteiger partial charge in [-0.15, -0.1) is 0 Å². The molecule has 1 N–H and O–H groups in total. The Labute approximate surface area is 196 Å². The predicted octanol–water partition coefficient (Wildman–Crippen LogP) is 7.41. The van der Waals surface area contributed by atoms with Crippen molar-refractivity contribution in [1.29, 1.82) is 0 Å². The maximum Gasteiger partial charge on any atom is 0.417 e. The molecule has 0 bridgehead atoms. The van der Waals surface area contributed by atoms with Crippen LogP contribution < -0.4 is 14.2 Å². The number of rotatable bonds is 8. The number of aromatic nitrogens is 1. The summed E-state index contributed by atoms with van der Waals surface area (Å²) in [6.45, 7) is 0.683. The van der Waals surface area contributed by atoms with Crippen molar-refractivity contribution in [2.75, 3.05) is 13.2 Å². The molecule has 0 saturated heterocycles. The highest BCUT2D eigenvalue weighted by atomic mass is 35.5. The predicted molar refractivity (Wildman–Crippen MR) is 114 cm³/mol. The summed E-state index contributed by atoms with van der Waals surface area (Å²) < 4.78 is 54.7. The molecule has 170 valence electrons. The molecule has 0 amide bonds. The lowest BCUT2D eigenvalue weighted by molar-refractivity contribution is -0.137. The van der Waals surface area contributed by atoms with Crippen molar-refractivity contribution in [3.63, 3.8) is 0 Å². The molecule has 0 aliphatic rings.